The molecule has 1 aliphatic rings. The van der Waals surface area contributed by atoms with Gasteiger partial charge in [-0.2, -0.15) is 4.31 Å². The number of rotatable bonds is 3. The smallest absolute Gasteiger partial charge is 0.207 e. The first kappa shape index (κ1) is 12.7. The van der Waals surface area contributed by atoms with E-state index < -0.39 is 10.0 Å². The normalized spacial score (nSPS) is 22.2. The predicted octanol–water partition coefficient (Wildman–Crippen LogP) is 3.09. The van der Waals surface area contributed by atoms with Crippen LogP contribution in [0.15, 0.2) is 59.5 Å². The second-order valence-electron chi connectivity index (χ2n) is 4.46. The van der Waals surface area contributed by atoms with E-state index >= 15 is 0 Å². The summed E-state index contributed by atoms with van der Waals surface area (Å²) in [5.74, 6) is 0. The lowest BCUT2D eigenvalue weighted by atomic mass is 10.2. The van der Waals surface area contributed by atoms with Gasteiger partial charge in [0.1, 0.15) is 0 Å². The van der Waals surface area contributed by atoms with Crippen molar-refractivity contribution in [3.05, 3.63) is 65.2 Å². The molecular weight excluding hydrogens is 282 g/mol. The van der Waals surface area contributed by atoms with Crippen LogP contribution in [0.3, 0.4) is 0 Å². The molecule has 2 aromatic carbocycles. The molecule has 2 aromatic rings. The van der Waals surface area contributed by atoms with E-state index in [-0.39, 0.29) is 6.04 Å². The fraction of sp³-hybridized carbons (Fsp3) is 0.143. The van der Waals surface area contributed by atoms with Crippen molar-refractivity contribution in [2.45, 2.75) is 10.9 Å². The second-order valence-corrected chi connectivity index (χ2v) is 6.78. The number of sulfonamides is 1. The van der Waals surface area contributed by atoms with Gasteiger partial charge in [0.2, 0.25) is 10.0 Å². The van der Waals surface area contributed by atoms with Gasteiger partial charge < -0.3 is 0 Å². The summed E-state index contributed by atoms with van der Waals surface area (Å²) < 4.78 is 26.2. The Morgan fingerprint density at radius 3 is 2.26 bits per heavy atom. The maximum absolute atomic E-state index is 12.3. The van der Waals surface area contributed by atoms with E-state index in [1.807, 2.05) is 12.1 Å². The third-order valence-corrected chi connectivity index (χ3v) is 5.31. The van der Waals surface area contributed by atoms with Crippen LogP contribution in [0.4, 0.5) is 0 Å². The molecule has 1 saturated heterocycles. The van der Waals surface area contributed by atoms with Gasteiger partial charge in [-0.25, -0.2) is 8.42 Å². The molecule has 19 heavy (non-hydrogen) atoms. The van der Waals surface area contributed by atoms with Gasteiger partial charge in [-0.1, -0.05) is 41.9 Å². The Kier molecular flexibility index (Phi) is 3.09. The Morgan fingerprint density at radius 2 is 1.63 bits per heavy atom. The van der Waals surface area contributed by atoms with E-state index in [1.54, 1.807) is 42.5 Å². The molecule has 1 unspecified atom stereocenters. The predicted molar refractivity (Wildman–Crippen MR) is 74.5 cm³/mol. The summed E-state index contributed by atoms with van der Waals surface area (Å²) in [4.78, 5) is 0.339. The fourth-order valence-electron chi connectivity index (χ4n) is 2.07. The lowest BCUT2D eigenvalue weighted by Crippen LogP contribution is -2.12. The third-order valence-electron chi connectivity index (χ3n) is 3.17. The summed E-state index contributed by atoms with van der Waals surface area (Å²) in [7, 11) is -3.37. The Bertz CT molecular complexity index is 683. The first-order valence-electron chi connectivity index (χ1n) is 5.91. The molecule has 1 heterocycles. The summed E-state index contributed by atoms with van der Waals surface area (Å²) in [5, 5.41) is 0.655. The molecule has 0 spiro atoms. The Hall–Kier alpha value is -1.36. The summed E-state index contributed by atoms with van der Waals surface area (Å²) in [6.07, 6.45) is 0. The van der Waals surface area contributed by atoms with E-state index in [1.165, 1.54) is 4.31 Å². The van der Waals surface area contributed by atoms with Crippen LogP contribution >= 0.6 is 11.6 Å². The Balaban J connectivity index is 1.85. The monoisotopic (exact) mass is 293 g/mol. The molecule has 0 amide bonds. The van der Waals surface area contributed by atoms with Gasteiger partial charge in [0.15, 0.2) is 0 Å². The van der Waals surface area contributed by atoms with Crippen LogP contribution in [-0.4, -0.2) is 19.3 Å². The van der Waals surface area contributed by atoms with Crippen molar-refractivity contribution in [3.8, 4) is 0 Å². The molecule has 1 fully saturated rings. The van der Waals surface area contributed by atoms with E-state index in [0.29, 0.717) is 16.5 Å². The van der Waals surface area contributed by atoms with Gasteiger partial charge in [-0.3, -0.25) is 0 Å². The molecule has 1 aliphatic heterocycles. The zero-order valence-electron chi connectivity index (χ0n) is 10.0. The Labute approximate surface area is 117 Å². The average Bonchev–Trinajstić information content (AvgIpc) is 3.22. The van der Waals surface area contributed by atoms with E-state index in [2.05, 4.69) is 0 Å². The van der Waals surface area contributed by atoms with Crippen molar-refractivity contribution >= 4 is 21.6 Å². The summed E-state index contributed by atoms with van der Waals surface area (Å²) >= 11 is 5.83. The molecule has 5 heteroatoms. The minimum absolute atomic E-state index is 0.0672. The standard InChI is InChI=1S/C14H12ClNO2S/c15-12-8-6-11(7-9-12)14-10-16(14)19(17,18)13-4-2-1-3-5-13/h1-9,14H,10H2/t14-,16?/m0/s1. The zero-order chi connectivity index (χ0) is 13.5. The van der Waals surface area contributed by atoms with Crippen LogP contribution < -0.4 is 0 Å². The number of hydrogen-bond donors (Lipinski definition) is 0. The molecule has 0 aromatic heterocycles. The molecule has 0 N–H and O–H groups in total. The van der Waals surface area contributed by atoms with Crippen LogP contribution in [0.25, 0.3) is 0 Å². The van der Waals surface area contributed by atoms with Crippen molar-refractivity contribution in [2.24, 2.45) is 0 Å². The van der Waals surface area contributed by atoms with Gasteiger partial charge in [0.25, 0.3) is 0 Å². The van der Waals surface area contributed by atoms with E-state index in [0.717, 1.165) is 5.56 Å². The molecule has 98 valence electrons. The number of benzene rings is 2. The minimum Gasteiger partial charge on any atom is -0.207 e. The topological polar surface area (TPSA) is 37.1 Å². The van der Waals surface area contributed by atoms with Gasteiger partial charge >= 0.3 is 0 Å². The fourth-order valence-corrected chi connectivity index (χ4v) is 3.77. The molecule has 0 radical (unpaired) electrons. The quantitative estimate of drug-likeness (QED) is 0.816. The number of halogens is 1. The first-order valence-corrected chi connectivity index (χ1v) is 7.73. The lowest BCUT2D eigenvalue weighted by molar-refractivity contribution is 0.554. The largest absolute Gasteiger partial charge is 0.243 e. The minimum atomic E-state index is -3.37. The van der Waals surface area contributed by atoms with Crippen molar-refractivity contribution in [1.82, 2.24) is 4.31 Å². The third kappa shape index (κ3) is 2.39. The van der Waals surface area contributed by atoms with Gasteiger partial charge in [0.05, 0.1) is 10.9 Å². The Morgan fingerprint density at radius 1 is 1.00 bits per heavy atom. The van der Waals surface area contributed by atoms with Crippen molar-refractivity contribution in [2.75, 3.05) is 6.54 Å². The van der Waals surface area contributed by atoms with Crippen LogP contribution in [0.1, 0.15) is 11.6 Å². The molecule has 0 bridgehead atoms. The second kappa shape index (κ2) is 4.63. The van der Waals surface area contributed by atoms with Crippen molar-refractivity contribution in [1.29, 1.82) is 0 Å². The van der Waals surface area contributed by atoms with Crippen LogP contribution in [-0.2, 0) is 10.0 Å². The molecule has 0 aliphatic carbocycles. The van der Waals surface area contributed by atoms with Gasteiger partial charge in [0, 0.05) is 11.6 Å². The van der Waals surface area contributed by atoms with E-state index in [9.17, 15) is 8.42 Å². The van der Waals surface area contributed by atoms with Crippen molar-refractivity contribution < 1.29 is 8.42 Å². The maximum atomic E-state index is 12.3. The van der Waals surface area contributed by atoms with Crippen LogP contribution in [0.2, 0.25) is 5.02 Å². The van der Waals surface area contributed by atoms with E-state index in [4.69, 9.17) is 11.6 Å². The first-order chi connectivity index (χ1) is 9.09. The summed E-state index contributed by atoms with van der Waals surface area (Å²) in [6, 6.07) is 15.7. The highest BCUT2D eigenvalue weighted by molar-refractivity contribution is 7.89. The van der Waals surface area contributed by atoms with Crippen LogP contribution in [0, 0.1) is 0 Å². The summed E-state index contributed by atoms with van der Waals surface area (Å²) in [5.41, 5.74) is 0.976. The van der Waals surface area contributed by atoms with Gasteiger partial charge in [-0.05, 0) is 29.8 Å². The average molecular weight is 294 g/mol. The van der Waals surface area contributed by atoms with Crippen LogP contribution in [0.5, 0.6) is 0 Å². The number of hydrogen-bond acceptors (Lipinski definition) is 2. The maximum Gasteiger partial charge on any atom is 0.243 e. The summed E-state index contributed by atoms with van der Waals surface area (Å²) in [6.45, 7) is 0.527. The van der Waals surface area contributed by atoms with Gasteiger partial charge in [-0.15, -0.1) is 0 Å². The highest BCUT2D eigenvalue weighted by Gasteiger charge is 2.45. The molecule has 3 nitrogen and oxygen atoms in total. The lowest BCUT2D eigenvalue weighted by Gasteiger charge is -2.06. The number of nitrogens with zero attached hydrogens (tertiary/aromatic N) is 1. The SMILES string of the molecule is O=S(=O)(c1ccccc1)N1C[C@H]1c1ccc(Cl)cc1. The highest BCUT2D eigenvalue weighted by atomic mass is 35.5. The molecule has 3 rings (SSSR count). The highest BCUT2D eigenvalue weighted by Crippen LogP contribution is 2.40. The molecule has 2 atom stereocenters. The molecule has 0 saturated carbocycles. The molecular formula is C14H12ClNO2S. The van der Waals surface area contributed by atoms with Crippen molar-refractivity contribution in [3.63, 3.8) is 0 Å². The zero-order valence-corrected chi connectivity index (χ0v) is 11.6.